The van der Waals surface area contributed by atoms with E-state index in [1.165, 1.54) is 12.6 Å². The number of pyridine rings is 1. The van der Waals surface area contributed by atoms with Gasteiger partial charge in [-0.15, -0.1) is 0 Å². The van der Waals surface area contributed by atoms with E-state index in [9.17, 15) is 9.18 Å². The monoisotopic (exact) mass is 359 g/mol. The highest BCUT2D eigenvalue weighted by atomic mass is 19.1. The van der Waals surface area contributed by atoms with Gasteiger partial charge in [0.15, 0.2) is 0 Å². The van der Waals surface area contributed by atoms with Gasteiger partial charge in [0, 0.05) is 37.9 Å². The van der Waals surface area contributed by atoms with E-state index < -0.39 is 12.1 Å². The van der Waals surface area contributed by atoms with Crippen molar-refractivity contribution in [1.82, 2.24) is 15.4 Å². The topological polar surface area (TPSA) is 65.5 Å². The van der Waals surface area contributed by atoms with Crippen LogP contribution < -0.4 is 5.48 Å². The Kier molecular flexibility index (Phi) is 3.83. The van der Waals surface area contributed by atoms with Crippen molar-refractivity contribution in [3.05, 3.63) is 29.1 Å². The van der Waals surface area contributed by atoms with Gasteiger partial charge in [0.25, 0.3) is 5.91 Å². The first-order chi connectivity index (χ1) is 12.5. The summed E-state index contributed by atoms with van der Waals surface area (Å²) in [6, 6.07) is 1.84. The highest BCUT2D eigenvalue weighted by Crippen LogP contribution is 2.61. The van der Waals surface area contributed by atoms with Crippen molar-refractivity contribution in [1.29, 1.82) is 0 Å². The van der Waals surface area contributed by atoms with Crippen LogP contribution >= 0.6 is 0 Å². The highest BCUT2D eigenvalue weighted by molar-refractivity contribution is 5.93. The van der Waals surface area contributed by atoms with Crippen LogP contribution in [-0.4, -0.2) is 40.3 Å². The zero-order chi connectivity index (χ0) is 17.9. The van der Waals surface area contributed by atoms with Crippen LogP contribution in [0, 0.1) is 23.2 Å². The number of aromatic nitrogens is 1. The van der Waals surface area contributed by atoms with E-state index in [0.29, 0.717) is 22.8 Å². The average Bonchev–Trinajstić information content (AvgIpc) is 2.63. The van der Waals surface area contributed by atoms with Crippen molar-refractivity contribution in [3.8, 4) is 0 Å². The predicted molar refractivity (Wildman–Crippen MR) is 93.4 cm³/mol. The number of hydrogen-bond acceptors (Lipinski definition) is 4. The van der Waals surface area contributed by atoms with Crippen LogP contribution in [0.4, 0.5) is 4.39 Å². The summed E-state index contributed by atoms with van der Waals surface area (Å²) in [7, 11) is 0. The third-order valence-corrected chi connectivity index (χ3v) is 7.33. The number of hydrogen-bond donors (Lipinski definition) is 2. The molecule has 1 aromatic rings. The Morgan fingerprint density at radius 2 is 2.12 bits per heavy atom. The van der Waals surface area contributed by atoms with Gasteiger partial charge in [-0.25, -0.2) is 9.87 Å². The Morgan fingerprint density at radius 1 is 1.35 bits per heavy atom. The number of hydroxylamine groups is 1. The molecule has 0 aromatic carbocycles. The zero-order valence-corrected chi connectivity index (χ0v) is 15.0. The second kappa shape index (κ2) is 5.99. The third kappa shape index (κ3) is 2.65. The van der Waals surface area contributed by atoms with E-state index >= 15 is 0 Å². The van der Waals surface area contributed by atoms with Gasteiger partial charge in [0.2, 0.25) is 0 Å². The molecule has 1 aromatic heterocycles. The van der Waals surface area contributed by atoms with Gasteiger partial charge in [-0.2, -0.15) is 0 Å². The standard InChI is InChI=1S/C20H26FN3O2/c21-18-13-3-12-4-14(18)8-20(6-12,7-13)11-24-2-1-17-16(10-24)5-15(9-22-17)19(25)23-26/h5,9,12-14,18,26H,1-4,6-8,10-11H2,(H,23,25). The van der Waals surface area contributed by atoms with Crippen LogP contribution in [-0.2, 0) is 13.0 Å². The maximum atomic E-state index is 14.5. The molecule has 4 saturated carbocycles. The molecule has 2 unspecified atom stereocenters. The van der Waals surface area contributed by atoms with E-state index in [0.717, 1.165) is 68.9 Å². The lowest BCUT2D eigenvalue weighted by atomic mass is 9.49. The minimum absolute atomic E-state index is 0.292. The van der Waals surface area contributed by atoms with Crippen molar-refractivity contribution >= 4 is 5.91 Å². The minimum atomic E-state index is -0.564. The number of fused-ring (bicyclic) bond motifs is 1. The Hall–Kier alpha value is -1.53. The van der Waals surface area contributed by atoms with Crippen LogP contribution in [0.15, 0.2) is 12.3 Å². The van der Waals surface area contributed by atoms with Crippen molar-refractivity contribution in [2.45, 2.75) is 51.2 Å². The van der Waals surface area contributed by atoms with Crippen LogP contribution in [0.2, 0.25) is 0 Å². The van der Waals surface area contributed by atoms with Gasteiger partial charge < -0.3 is 0 Å². The molecule has 0 radical (unpaired) electrons. The fourth-order valence-corrected chi connectivity index (χ4v) is 6.61. The lowest BCUT2D eigenvalue weighted by Gasteiger charge is -2.59. The smallest absolute Gasteiger partial charge is 0.276 e. The first-order valence-corrected chi connectivity index (χ1v) is 9.84. The van der Waals surface area contributed by atoms with E-state index in [1.807, 2.05) is 6.07 Å². The van der Waals surface area contributed by atoms with Crippen LogP contribution in [0.3, 0.4) is 0 Å². The normalized spacial score (nSPS) is 38.2. The number of halogens is 1. The summed E-state index contributed by atoms with van der Waals surface area (Å²) >= 11 is 0. The van der Waals surface area contributed by atoms with E-state index in [-0.39, 0.29) is 0 Å². The molecule has 4 aliphatic carbocycles. The number of carbonyl (C=O) groups excluding carboxylic acids is 1. The molecule has 0 spiro atoms. The van der Waals surface area contributed by atoms with E-state index in [1.54, 1.807) is 5.48 Å². The van der Waals surface area contributed by atoms with Gasteiger partial charge in [-0.05, 0) is 66.9 Å². The molecule has 0 saturated heterocycles. The number of nitrogens with zero attached hydrogens (tertiary/aromatic N) is 2. The number of rotatable bonds is 3. The Balaban J connectivity index is 1.33. The lowest BCUT2D eigenvalue weighted by Crippen LogP contribution is -2.56. The summed E-state index contributed by atoms with van der Waals surface area (Å²) in [5.74, 6) is 0.797. The summed E-state index contributed by atoms with van der Waals surface area (Å²) in [5.41, 5.74) is 4.49. The Morgan fingerprint density at radius 3 is 2.85 bits per heavy atom. The second-order valence-electron chi connectivity index (χ2n) is 9.15. The van der Waals surface area contributed by atoms with Gasteiger partial charge in [-0.3, -0.25) is 19.9 Å². The first kappa shape index (κ1) is 16.6. The molecular formula is C20H26FN3O2. The Labute approximate surface area is 152 Å². The number of nitrogens with one attached hydrogen (secondary N) is 1. The lowest BCUT2D eigenvalue weighted by molar-refractivity contribution is -0.116. The van der Waals surface area contributed by atoms with Crippen LogP contribution in [0.5, 0.6) is 0 Å². The molecule has 6 rings (SSSR count). The minimum Gasteiger partial charge on any atom is -0.298 e. The fourth-order valence-electron chi connectivity index (χ4n) is 6.61. The fraction of sp³-hybridized carbons (Fsp3) is 0.700. The number of amides is 1. The average molecular weight is 359 g/mol. The van der Waals surface area contributed by atoms with Crippen molar-refractivity contribution in [2.24, 2.45) is 23.2 Å². The predicted octanol–water partition coefficient (Wildman–Crippen LogP) is 2.72. The van der Waals surface area contributed by atoms with Crippen LogP contribution in [0.1, 0.15) is 53.7 Å². The number of carbonyl (C=O) groups is 1. The summed E-state index contributed by atoms with van der Waals surface area (Å²) in [4.78, 5) is 18.5. The van der Waals surface area contributed by atoms with Gasteiger partial charge >= 0.3 is 0 Å². The molecule has 26 heavy (non-hydrogen) atoms. The second-order valence-corrected chi connectivity index (χ2v) is 9.15. The first-order valence-electron chi connectivity index (χ1n) is 9.84. The summed E-state index contributed by atoms with van der Waals surface area (Å²) < 4.78 is 14.5. The van der Waals surface area contributed by atoms with E-state index in [4.69, 9.17) is 5.21 Å². The van der Waals surface area contributed by atoms with Crippen molar-refractivity contribution in [3.63, 3.8) is 0 Å². The maximum absolute atomic E-state index is 14.5. The molecule has 140 valence electrons. The molecule has 1 amide bonds. The van der Waals surface area contributed by atoms with Crippen molar-refractivity contribution < 1.29 is 14.4 Å². The maximum Gasteiger partial charge on any atom is 0.276 e. The SMILES string of the molecule is O=C(NO)c1cnc2c(c1)CN(CC13CC4CC(C1)C(F)C(C4)C3)CC2. The molecule has 4 fully saturated rings. The summed E-state index contributed by atoms with van der Waals surface area (Å²) in [6.45, 7) is 2.81. The molecule has 2 heterocycles. The molecule has 1 aliphatic heterocycles. The molecule has 2 atom stereocenters. The van der Waals surface area contributed by atoms with Gasteiger partial charge in [0.1, 0.15) is 6.17 Å². The molecule has 5 nitrogen and oxygen atoms in total. The Bertz CT molecular complexity index is 724. The summed E-state index contributed by atoms with van der Waals surface area (Å²) in [6.07, 6.45) is 7.42. The third-order valence-electron chi connectivity index (χ3n) is 7.33. The zero-order valence-electron chi connectivity index (χ0n) is 15.0. The van der Waals surface area contributed by atoms with Crippen LogP contribution in [0.25, 0.3) is 0 Å². The van der Waals surface area contributed by atoms with E-state index in [2.05, 4.69) is 9.88 Å². The highest BCUT2D eigenvalue weighted by Gasteiger charge is 2.56. The molecule has 2 N–H and O–H groups in total. The summed E-state index contributed by atoms with van der Waals surface area (Å²) in [5, 5.41) is 8.84. The molecular weight excluding hydrogens is 333 g/mol. The van der Waals surface area contributed by atoms with Gasteiger partial charge in [-0.1, -0.05) is 0 Å². The van der Waals surface area contributed by atoms with Gasteiger partial charge in [0.05, 0.1) is 5.56 Å². The molecule has 4 bridgehead atoms. The quantitative estimate of drug-likeness (QED) is 0.643. The largest absolute Gasteiger partial charge is 0.298 e. The number of alkyl halides is 1. The molecule has 6 heteroatoms. The molecule has 5 aliphatic rings. The van der Waals surface area contributed by atoms with Crippen molar-refractivity contribution in [2.75, 3.05) is 13.1 Å².